The number of para-hydroxylation sites is 1. The Hall–Kier alpha value is -4.79. The molecule has 0 fully saturated rings. The Morgan fingerprint density at radius 3 is 2.13 bits per heavy atom. The number of rotatable bonds is 3. The molecule has 8 aromatic rings. The van der Waals surface area contributed by atoms with Crippen LogP contribution in [0, 0.1) is 0 Å². The second kappa shape index (κ2) is 8.36. The highest BCUT2D eigenvalue weighted by molar-refractivity contribution is 7.85. The molecule has 0 aliphatic carbocycles. The van der Waals surface area contributed by atoms with Crippen LogP contribution in [0.4, 0.5) is 0 Å². The van der Waals surface area contributed by atoms with Gasteiger partial charge < -0.3 is 4.57 Å². The summed E-state index contributed by atoms with van der Waals surface area (Å²) in [4.78, 5) is 9.42. The van der Waals surface area contributed by atoms with Gasteiger partial charge in [0.2, 0.25) is 0 Å². The van der Waals surface area contributed by atoms with Crippen molar-refractivity contribution in [2.24, 2.45) is 0 Å². The van der Waals surface area contributed by atoms with E-state index in [-0.39, 0.29) is 0 Å². The summed E-state index contributed by atoms with van der Waals surface area (Å²) in [5.41, 5.74) is 3.79. The molecule has 184 valence electrons. The van der Waals surface area contributed by atoms with Crippen LogP contribution in [-0.2, 0) is 4.57 Å². The van der Waals surface area contributed by atoms with Gasteiger partial charge in [-0.25, -0.2) is 4.98 Å². The lowest BCUT2D eigenvalue weighted by Crippen LogP contribution is -2.25. The van der Waals surface area contributed by atoms with E-state index in [0.29, 0.717) is 5.30 Å². The molecule has 5 heteroatoms. The number of fused-ring (bicyclic) bond motifs is 9. The molecule has 1 atom stereocenters. The van der Waals surface area contributed by atoms with Gasteiger partial charge in [-0.15, -0.1) is 0 Å². The maximum Gasteiger partial charge on any atom is 0.172 e. The Morgan fingerprint density at radius 1 is 0.564 bits per heavy atom. The number of hydrogen-bond donors (Lipinski definition) is 0. The van der Waals surface area contributed by atoms with E-state index in [1.54, 1.807) is 12.4 Å². The van der Waals surface area contributed by atoms with Gasteiger partial charge in [-0.2, -0.15) is 0 Å². The highest BCUT2D eigenvalue weighted by atomic mass is 31.2. The lowest BCUT2D eigenvalue weighted by molar-refractivity contribution is 0.592. The first-order chi connectivity index (χ1) is 19.2. The molecule has 0 radical (unpaired) electrons. The van der Waals surface area contributed by atoms with Gasteiger partial charge in [0, 0.05) is 39.1 Å². The zero-order valence-electron chi connectivity index (χ0n) is 20.9. The van der Waals surface area contributed by atoms with E-state index < -0.39 is 7.14 Å². The van der Waals surface area contributed by atoms with Crippen molar-refractivity contribution in [3.05, 3.63) is 134 Å². The number of nitrogens with zero attached hydrogens (tertiary/aromatic N) is 3. The van der Waals surface area contributed by atoms with Crippen molar-refractivity contribution in [1.29, 1.82) is 0 Å². The van der Waals surface area contributed by atoms with E-state index in [4.69, 9.17) is 4.98 Å². The molecule has 0 saturated heterocycles. The SMILES string of the molecule is O=P(c1cccnc1)(c1ccc2ccccc2c1)c1ccc2nc3c4ccccc4c4ccccc4n3c2c1. The smallest absolute Gasteiger partial charge is 0.172 e. The van der Waals surface area contributed by atoms with Gasteiger partial charge in [0.25, 0.3) is 0 Å². The summed E-state index contributed by atoms with van der Waals surface area (Å²) < 4.78 is 17.6. The zero-order valence-corrected chi connectivity index (χ0v) is 21.8. The van der Waals surface area contributed by atoms with Gasteiger partial charge >= 0.3 is 0 Å². The highest BCUT2D eigenvalue weighted by Crippen LogP contribution is 2.44. The quantitative estimate of drug-likeness (QED) is 0.187. The Kier molecular flexibility index (Phi) is 4.76. The minimum absolute atomic E-state index is 0.712. The van der Waals surface area contributed by atoms with E-state index in [1.807, 2.05) is 42.5 Å². The van der Waals surface area contributed by atoms with Gasteiger partial charge in [0.1, 0.15) is 5.65 Å². The molecule has 0 N–H and O–H groups in total. The largest absolute Gasteiger partial charge is 0.309 e. The number of benzene rings is 5. The Labute approximate surface area is 224 Å². The minimum Gasteiger partial charge on any atom is -0.309 e. The lowest BCUT2D eigenvalue weighted by atomic mass is 10.1. The summed E-state index contributed by atoms with van der Waals surface area (Å²) in [6.07, 6.45) is 3.46. The Balaban J connectivity index is 1.48. The predicted octanol–water partition coefficient (Wildman–Crippen LogP) is 6.98. The van der Waals surface area contributed by atoms with Crippen LogP contribution in [0.15, 0.2) is 134 Å². The van der Waals surface area contributed by atoms with Crippen LogP contribution in [0.2, 0.25) is 0 Å². The molecule has 8 rings (SSSR count). The predicted molar refractivity (Wildman–Crippen MR) is 162 cm³/mol. The lowest BCUT2D eigenvalue weighted by Gasteiger charge is -2.20. The molecule has 39 heavy (non-hydrogen) atoms. The molecule has 1 unspecified atom stereocenters. The fourth-order valence-corrected chi connectivity index (χ4v) is 8.47. The first kappa shape index (κ1) is 22.2. The van der Waals surface area contributed by atoms with Crippen LogP contribution in [0.3, 0.4) is 0 Å². The molecule has 3 heterocycles. The summed E-state index contributed by atoms with van der Waals surface area (Å²) in [7, 11) is -3.25. The Morgan fingerprint density at radius 2 is 1.28 bits per heavy atom. The van der Waals surface area contributed by atoms with Crippen LogP contribution in [0.1, 0.15) is 0 Å². The van der Waals surface area contributed by atoms with Crippen molar-refractivity contribution in [2.45, 2.75) is 0 Å². The average Bonchev–Trinajstić information content (AvgIpc) is 3.40. The third-order valence-corrected chi connectivity index (χ3v) is 10.7. The van der Waals surface area contributed by atoms with Crippen molar-refractivity contribution in [1.82, 2.24) is 14.4 Å². The molecular weight excluding hydrogens is 497 g/mol. The molecule has 0 spiro atoms. The van der Waals surface area contributed by atoms with Crippen LogP contribution in [0.5, 0.6) is 0 Å². The fraction of sp³-hybridized carbons (Fsp3) is 0. The van der Waals surface area contributed by atoms with Crippen LogP contribution >= 0.6 is 7.14 Å². The van der Waals surface area contributed by atoms with Crippen molar-refractivity contribution in [3.63, 3.8) is 0 Å². The molecule has 4 nitrogen and oxygen atoms in total. The standard InChI is InChI=1S/C34H22N3OP/c38-39(27-10-7-19-35-22-27,25-16-15-23-8-1-2-9-24(23)20-25)26-17-18-31-33(21-26)37-32-14-6-5-12-29(32)28-11-3-4-13-30(28)34(37)36-31/h1-22H. The topological polar surface area (TPSA) is 47.3 Å². The summed E-state index contributed by atoms with van der Waals surface area (Å²) in [5, 5.41) is 7.88. The molecule has 0 aliphatic rings. The van der Waals surface area contributed by atoms with Gasteiger partial charge in [-0.05, 0) is 58.6 Å². The molecule has 0 aliphatic heterocycles. The maximum atomic E-state index is 15.4. The third-order valence-electron chi connectivity index (χ3n) is 7.71. The number of pyridine rings is 2. The highest BCUT2D eigenvalue weighted by Gasteiger charge is 2.31. The van der Waals surface area contributed by atoms with Crippen LogP contribution in [0.25, 0.3) is 49.1 Å². The van der Waals surface area contributed by atoms with Crippen molar-refractivity contribution in [2.75, 3.05) is 0 Å². The van der Waals surface area contributed by atoms with Crippen molar-refractivity contribution >= 4 is 72.2 Å². The van der Waals surface area contributed by atoms with Crippen molar-refractivity contribution < 1.29 is 4.57 Å². The van der Waals surface area contributed by atoms with Crippen LogP contribution in [-0.4, -0.2) is 14.4 Å². The average molecular weight is 520 g/mol. The van der Waals surface area contributed by atoms with Gasteiger partial charge in [-0.1, -0.05) is 78.9 Å². The monoisotopic (exact) mass is 519 g/mol. The molecule has 3 aromatic heterocycles. The fourth-order valence-electron chi connectivity index (χ4n) is 5.85. The van der Waals surface area contributed by atoms with E-state index in [1.165, 1.54) is 5.39 Å². The molecule has 0 bridgehead atoms. The summed E-state index contributed by atoms with van der Waals surface area (Å²) in [6.45, 7) is 0. The molecular formula is C34H22N3OP. The minimum atomic E-state index is -3.25. The normalized spacial score (nSPS) is 13.4. The first-order valence-corrected chi connectivity index (χ1v) is 14.6. The first-order valence-electron chi connectivity index (χ1n) is 12.9. The van der Waals surface area contributed by atoms with Gasteiger partial charge in [0.05, 0.1) is 16.6 Å². The summed E-state index contributed by atoms with van der Waals surface area (Å²) >= 11 is 0. The Bertz CT molecular complexity index is 2270. The van der Waals surface area contributed by atoms with E-state index in [0.717, 1.165) is 54.4 Å². The maximum absolute atomic E-state index is 15.4. The van der Waals surface area contributed by atoms with E-state index >= 15 is 4.57 Å². The van der Waals surface area contributed by atoms with Crippen LogP contribution < -0.4 is 15.9 Å². The number of hydrogen-bond acceptors (Lipinski definition) is 3. The second-order valence-electron chi connectivity index (χ2n) is 9.86. The van der Waals surface area contributed by atoms with E-state index in [2.05, 4.69) is 88.2 Å². The second-order valence-corrected chi connectivity index (χ2v) is 12.6. The number of imidazole rings is 1. The third kappa shape index (κ3) is 3.22. The van der Waals surface area contributed by atoms with Gasteiger partial charge in [-0.3, -0.25) is 9.38 Å². The van der Waals surface area contributed by atoms with Gasteiger partial charge in [0.15, 0.2) is 7.14 Å². The van der Waals surface area contributed by atoms with Crippen molar-refractivity contribution in [3.8, 4) is 0 Å². The van der Waals surface area contributed by atoms with E-state index in [9.17, 15) is 0 Å². The molecule has 0 amide bonds. The zero-order chi connectivity index (χ0) is 26.0. The summed E-state index contributed by atoms with van der Waals surface area (Å²) in [5.74, 6) is 0. The molecule has 0 saturated carbocycles. The number of aromatic nitrogens is 3. The summed E-state index contributed by atoms with van der Waals surface area (Å²) in [6, 6.07) is 40.9. The molecule has 5 aromatic carbocycles.